The lowest BCUT2D eigenvalue weighted by Gasteiger charge is -2.52. The molecule has 29 heavy (non-hydrogen) atoms. The molecular formula is C26H42O3. The van der Waals surface area contributed by atoms with Crippen molar-refractivity contribution in [1.82, 2.24) is 0 Å². The zero-order valence-electron chi connectivity index (χ0n) is 19.2. The van der Waals surface area contributed by atoms with Gasteiger partial charge in [0.2, 0.25) is 0 Å². The van der Waals surface area contributed by atoms with E-state index in [9.17, 15) is 14.7 Å². The highest BCUT2D eigenvalue weighted by atomic mass is 16.4. The normalized spacial score (nSPS) is 40.8. The predicted octanol–water partition coefficient (Wildman–Crippen LogP) is 6.52. The van der Waals surface area contributed by atoms with Gasteiger partial charge in [0.15, 0.2) is 5.78 Å². The van der Waals surface area contributed by atoms with Gasteiger partial charge < -0.3 is 5.11 Å². The van der Waals surface area contributed by atoms with Crippen molar-refractivity contribution in [3.63, 3.8) is 0 Å². The van der Waals surface area contributed by atoms with Crippen LogP contribution in [-0.2, 0) is 9.59 Å². The molecule has 1 N–H and O–H groups in total. The second-order valence-electron chi connectivity index (χ2n) is 11.3. The Hall–Kier alpha value is -1.12. The molecule has 0 saturated heterocycles. The number of aliphatic carboxylic acids is 1. The molecule has 3 heteroatoms. The number of hydrogen-bond donors (Lipinski definition) is 1. The Morgan fingerprint density at radius 3 is 2.45 bits per heavy atom. The van der Waals surface area contributed by atoms with Gasteiger partial charge in [-0.25, -0.2) is 0 Å². The molecule has 2 saturated carbocycles. The molecule has 0 heterocycles. The summed E-state index contributed by atoms with van der Waals surface area (Å²) in [5.74, 6) is 1.34. The lowest BCUT2D eigenvalue weighted by atomic mass is 9.50. The number of hydrogen-bond acceptors (Lipinski definition) is 2. The van der Waals surface area contributed by atoms with Crippen LogP contribution in [0.3, 0.4) is 0 Å². The summed E-state index contributed by atoms with van der Waals surface area (Å²) in [5.41, 5.74) is -0.388. The summed E-state index contributed by atoms with van der Waals surface area (Å²) < 4.78 is 0. The van der Waals surface area contributed by atoms with Crippen molar-refractivity contribution in [2.24, 2.45) is 46.3 Å². The van der Waals surface area contributed by atoms with Crippen molar-refractivity contribution >= 4 is 11.8 Å². The van der Waals surface area contributed by atoms with Gasteiger partial charge in [-0.2, -0.15) is 0 Å². The van der Waals surface area contributed by atoms with Gasteiger partial charge in [0.1, 0.15) is 0 Å². The molecule has 0 amide bonds. The van der Waals surface area contributed by atoms with Crippen molar-refractivity contribution in [2.75, 3.05) is 0 Å². The van der Waals surface area contributed by atoms with Gasteiger partial charge in [0.05, 0.1) is 5.92 Å². The van der Waals surface area contributed by atoms with Crippen molar-refractivity contribution in [3.8, 4) is 0 Å². The summed E-state index contributed by atoms with van der Waals surface area (Å²) in [6.45, 7) is 11.4. The van der Waals surface area contributed by atoms with Crippen LogP contribution >= 0.6 is 0 Å². The van der Waals surface area contributed by atoms with Gasteiger partial charge in [-0.1, -0.05) is 60.0 Å². The number of carbonyl (C=O) groups is 2. The molecule has 164 valence electrons. The summed E-state index contributed by atoms with van der Waals surface area (Å²) in [5, 5.41) is 10.3. The molecule has 0 radical (unpaired) electrons. The van der Waals surface area contributed by atoms with E-state index in [-0.39, 0.29) is 29.0 Å². The second kappa shape index (κ2) is 8.55. The highest BCUT2D eigenvalue weighted by Crippen LogP contribution is 2.64. The summed E-state index contributed by atoms with van der Waals surface area (Å²) >= 11 is 0. The quantitative estimate of drug-likeness (QED) is 0.527. The van der Waals surface area contributed by atoms with E-state index < -0.39 is 11.4 Å². The average molecular weight is 403 g/mol. The van der Waals surface area contributed by atoms with E-state index in [2.05, 4.69) is 27.7 Å². The van der Waals surface area contributed by atoms with E-state index >= 15 is 0 Å². The van der Waals surface area contributed by atoms with Gasteiger partial charge in [-0.15, -0.1) is 0 Å². The topological polar surface area (TPSA) is 54.4 Å². The van der Waals surface area contributed by atoms with Gasteiger partial charge in [-0.05, 0) is 79.6 Å². The fourth-order valence-electron chi connectivity index (χ4n) is 7.48. The first kappa shape index (κ1) is 22.6. The zero-order valence-corrected chi connectivity index (χ0v) is 19.2. The van der Waals surface area contributed by atoms with Crippen LogP contribution in [0, 0.1) is 46.3 Å². The number of ketones is 1. The van der Waals surface area contributed by atoms with E-state index in [4.69, 9.17) is 0 Å². The third-order valence-corrected chi connectivity index (χ3v) is 9.24. The van der Waals surface area contributed by atoms with Crippen molar-refractivity contribution in [1.29, 1.82) is 0 Å². The minimum absolute atomic E-state index is 0.0227. The Bertz CT molecular complexity index is 650. The Balaban J connectivity index is 1.80. The molecule has 0 spiro atoms. The van der Waals surface area contributed by atoms with Crippen LogP contribution in [0.4, 0.5) is 0 Å². The number of allylic oxidation sites excluding steroid dienone is 2. The summed E-state index contributed by atoms with van der Waals surface area (Å²) in [6, 6.07) is 0. The van der Waals surface area contributed by atoms with Crippen molar-refractivity contribution < 1.29 is 14.7 Å². The fourth-order valence-corrected chi connectivity index (χ4v) is 7.48. The van der Waals surface area contributed by atoms with E-state index in [1.54, 1.807) is 6.08 Å². The minimum Gasteiger partial charge on any atom is -0.481 e. The zero-order chi connectivity index (χ0) is 21.4. The minimum atomic E-state index is -0.664. The van der Waals surface area contributed by atoms with Gasteiger partial charge in [-0.3, -0.25) is 9.59 Å². The highest BCUT2D eigenvalue weighted by Gasteiger charge is 2.60. The maximum absolute atomic E-state index is 12.8. The average Bonchev–Trinajstić information content (AvgIpc) is 2.99. The SMILES string of the molecule is CC(C)CCC[C@H](C)[C@@H]1CC[C@H]2[C@@H](C(=O)O)[C@@H]([C@@]3(C)CCC=CC3=O)CC[C@@]21C. The van der Waals surface area contributed by atoms with E-state index in [0.29, 0.717) is 11.8 Å². The first-order valence-corrected chi connectivity index (χ1v) is 12.0. The van der Waals surface area contributed by atoms with Crippen LogP contribution in [0.1, 0.15) is 92.4 Å². The smallest absolute Gasteiger partial charge is 0.307 e. The van der Waals surface area contributed by atoms with E-state index in [1.165, 1.54) is 19.3 Å². The molecule has 7 atom stereocenters. The monoisotopic (exact) mass is 402 g/mol. The molecule has 3 aliphatic rings. The second-order valence-corrected chi connectivity index (χ2v) is 11.3. The Morgan fingerprint density at radius 2 is 1.83 bits per heavy atom. The van der Waals surface area contributed by atoms with Crippen molar-refractivity contribution in [2.45, 2.75) is 92.4 Å². The van der Waals surface area contributed by atoms with Gasteiger partial charge in [0, 0.05) is 5.41 Å². The Morgan fingerprint density at radius 1 is 1.10 bits per heavy atom. The summed E-state index contributed by atoms with van der Waals surface area (Å²) in [7, 11) is 0. The van der Waals surface area contributed by atoms with Gasteiger partial charge in [0.25, 0.3) is 0 Å². The van der Waals surface area contributed by atoms with Crippen LogP contribution in [0.25, 0.3) is 0 Å². The third-order valence-electron chi connectivity index (χ3n) is 9.24. The summed E-state index contributed by atoms with van der Waals surface area (Å²) in [6.07, 6.45) is 13.3. The molecule has 0 aromatic carbocycles. The van der Waals surface area contributed by atoms with Crippen LogP contribution in [0.15, 0.2) is 12.2 Å². The molecule has 0 bridgehead atoms. The van der Waals surface area contributed by atoms with E-state index in [0.717, 1.165) is 44.4 Å². The maximum atomic E-state index is 12.8. The molecule has 0 aliphatic heterocycles. The standard InChI is InChI=1S/C26H42O3/c1-17(2)9-8-10-18(3)19-12-13-20-23(24(28)29)21(14-16-25(19,20)4)26(5)15-7-6-11-22(26)27/h6,11,17-21,23H,7-10,12-16H2,1-5H3,(H,28,29)/t18-,19-,20-,21-,23+,25+,26+/m0/s1. The largest absolute Gasteiger partial charge is 0.481 e. The third kappa shape index (κ3) is 4.08. The first-order chi connectivity index (χ1) is 13.6. The molecule has 0 unspecified atom stereocenters. The lowest BCUT2D eigenvalue weighted by molar-refractivity contribution is -0.159. The van der Waals surface area contributed by atoms with Crippen LogP contribution in [0.5, 0.6) is 0 Å². The molecule has 0 aromatic rings. The molecule has 3 nitrogen and oxygen atoms in total. The fraction of sp³-hybridized carbons (Fsp3) is 0.846. The Labute approximate surface area is 177 Å². The molecule has 3 rings (SSSR count). The summed E-state index contributed by atoms with van der Waals surface area (Å²) in [4.78, 5) is 25.4. The Kier molecular flexibility index (Phi) is 6.65. The molecule has 0 aromatic heterocycles. The highest BCUT2D eigenvalue weighted by molar-refractivity contribution is 5.96. The molecule has 3 aliphatic carbocycles. The van der Waals surface area contributed by atoms with Crippen LogP contribution in [-0.4, -0.2) is 16.9 Å². The first-order valence-electron chi connectivity index (χ1n) is 12.0. The van der Waals surface area contributed by atoms with Gasteiger partial charge >= 0.3 is 5.97 Å². The number of carboxylic acid groups (broad SMARTS) is 1. The number of rotatable bonds is 7. The maximum Gasteiger partial charge on any atom is 0.307 e. The number of carbonyl (C=O) groups excluding carboxylic acids is 1. The number of carboxylic acids is 1. The van der Waals surface area contributed by atoms with Crippen LogP contribution in [0.2, 0.25) is 0 Å². The van der Waals surface area contributed by atoms with E-state index in [1.807, 2.05) is 13.0 Å². The molecular weight excluding hydrogens is 360 g/mol. The predicted molar refractivity (Wildman–Crippen MR) is 118 cm³/mol. The lowest BCUT2D eigenvalue weighted by Crippen LogP contribution is -2.52. The number of fused-ring (bicyclic) bond motifs is 1. The van der Waals surface area contributed by atoms with Crippen LogP contribution < -0.4 is 0 Å². The molecule has 2 fully saturated rings. The van der Waals surface area contributed by atoms with Crippen molar-refractivity contribution in [3.05, 3.63) is 12.2 Å².